The average molecular weight is 395 g/mol. The van der Waals surface area contributed by atoms with Crippen molar-refractivity contribution in [2.75, 3.05) is 4.72 Å². The Morgan fingerprint density at radius 3 is 2.71 bits per heavy atom. The zero-order chi connectivity index (χ0) is 15.8. The molecule has 1 heterocycles. The zero-order valence-corrected chi connectivity index (χ0v) is 13.6. The Hall–Kier alpha value is -1.52. The first-order valence-electron chi connectivity index (χ1n) is 5.40. The van der Waals surface area contributed by atoms with E-state index in [0.29, 0.717) is 11.5 Å². The number of sulfonamides is 1. The van der Waals surface area contributed by atoms with Gasteiger partial charge in [0.1, 0.15) is 16.4 Å². The standard InChI is InChI=1S/C11H8BrFN2O4S2/c1-5-9(11(16)17)10(20-14-5)15-21(18,19)6-2-3-7(12)8(13)4-6/h2-4,15H,1H3,(H,16,17). The molecule has 0 fully saturated rings. The van der Waals surface area contributed by atoms with E-state index in [1.54, 1.807) is 0 Å². The molecule has 0 spiro atoms. The molecule has 0 atom stereocenters. The second-order valence-corrected chi connectivity index (χ2v) is 7.27. The Labute approximate surface area is 132 Å². The molecule has 2 rings (SSSR count). The molecule has 112 valence electrons. The molecule has 21 heavy (non-hydrogen) atoms. The van der Waals surface area contributed by atoms with E-state index in [4.69, 9.17) is 5.11 Å². The Morgan fingerprint density at radius 2 is 2.14 bits per heavy atom. The lowest BCUT2D eigenvalue weighted by Gasteiger charge is -2.07. The molecule has 0 saturated heterocycles. The van der Waals surface area contributed by atoms with Crippen LogP contribution in [-0.2, 0) is 10.0 Å². The van der Waals surface area contributed by atoms with Crippen LogP contribution in [0.25, 0.3) is 0 Å². The van der Waals surface area contributed by atoms with E-state index >= 15 is 0 Å². The van der Waals surface area contributed by atoms with Crippen LogP contribution >= 0.6 is 27.5 Å². The number of carboxylic acid groups (broad SMARTS) is 1. The van der Waals surface area contributed by atoms with E-state index in [1.165, 1.54) is 19.1 Å². The van der Waals surface area contributed by atoms with Gasteiger partial charge in [-0.05, 0) is 52.6 Å². The van der Waals surface area contributed by atoms with Gasteiger partial charge in [-0.3, -0.25) is 4.72 Å². The fourth-order valence-electron chi connectivity index (χ4n) is 1.52. The smallest absolute Gasteiger partial charge is 0.340 e. The van der Waals surface area contributed by atoms with Crippen molar-refractivity contribution in [1.29, 1.82) is 0 Å². The molecule has 1 aromatic heterocycles. The molecule has 2 N–H and O–H groups in total. The predicted octanol–water partition coefficient (Wildman–Crippen LogP) is 2.85. The minimum Gasteiger partial charge on any atom is -0.478 e. The molecule has 1 aromatic carbocycles. The summed E-state index contributed by atoms with van der Waals surface area (Å²) in [5.41, 5.74) is -0.0201. The van der Waals surface area contributed by atoms with Crippen molar-refractivity contribution in [2.24, 2.45) is 0 Å². The third-order valence-corrected chi connectivity index (χ3v) is 5.48. The van der Waals surface area contributed by atoms with E-state index in [0.717, 1.165) is 6.07 Å². The number of nitrogens with zero attached hydrogens (tertiary/aromatic N) is 1. The van der Waals surface area contributed by atoms with Crippen molar-refractivity contribution in [2.45, 2.75) is 11.8 Å². The average Bonchev–Trinajstić information content (AvgIpc) is 2.73. The topological polar surface area (TPSA) is 96.4 Å². The normalized spacial score (nSPS) is 11.4. The third kappa shape index (κ3) is 3.22. The summed E-state index contributed by atoms with van der Waals surface area (Å²) in [5, 5.41) is 8.93. The summed E-state index contributed by atoms with van der Waals surface area (Å²) in [5.74, 6) is -2.03. The van der Waals surface area contributed by atoms with Gasteiger partial charge >= 0.3 is 5.97 Å². The first-order chi connectivity index (χ1) is 9.72. The van der Waals surface area contributed by atoms with Gasteiger partial charge < -0.3 is 5.11 Å². The Balaban J connectivity index is 2.42. The van der Waals surface area contributed by atoms with Crippen molar-refractivity contribution < 1.29 is 22.7 Å². The molecular weight excluding hydrogens is 387 g/mol. The fourth-order valence-corrected chi connectivity index (χ4v) is 3.86. The second-order valence-electron chi connectivity index (χ2n) is 3.96. The first-order valence-corrected chi connectivity index (χ1v) is 8.45. The minimum atomic E-state index is -4.10. The van der Waals surface area contributed by atoms with Gasteiger partial charge in [0, 0.05) is 0 Å². The first kappa shape index (κ1) is 15.9. The maximum Gasteiger partial charge on any atom is 0.340 e. The van der Waals surface area contributed by atoms with E-state index in [9.17, 15) is 17.6 Å². The maximum absolute atomic E-state index is 13.4. The SMILES string of the molecule is Cc1nsc(NS(=O)(=O)c2ccc(Br)c(F)c2)c1C(=O)O. The van der Waals surface area contributed by atoms with Crippen molar-refractivity contribution in [3.05, 3.63) is 39.7 Å². The van der Waals surface area contributed by atoms with Crippen LogP contribution in [0.3, 0.4) is 0 Å². The number of hydrogen-bond acceptors (Lipinski definition) is 5. The van der Waals surface area contributed by atoms with Crippen LogP contribution in [0.15, 0.2) is 27.6 Å². The largest absolute Gasteiger partial charge is 0.478 e. The monoisotopic (exact) mass is 394 g/mol. The summed E-state index contributed by atoms with van der Waals surface area (Å²) in [6.07, 6.45) is 0. The van der Waals surface area contributed by atoms with Crippen molar-refractivity contribution in [3.8, 4) is 0 Å². The number of aromatic nitrogens is 1. The zero-order valence-electron chi connectivity index (χ0n) is 10.4. The number of benzene rings is 1. The lowest BCUT2D eigenvalue weighted by atomic mass is 10.2. The summed E-state index contributed by atoms with van der Waals surface area (Å²) in [6.45, 7) is 1.46. The molecule has 2 aromatic rings. The minimum absolute atomic E-state index is 0.122. The van der Waals surface area contributed by atoms with Gasteiger partial charge in [0.05, 0.1) is 15.1 Å². The van der Waals surface area contributed by atoms with Crippen molar-refractivity contribution >= 4 is 48.5 Å². The number of hydrogen-bond donors (Lipinski definition) is 2. The summed E-state index contributed by atoms with van der Waals surface area (Å²) in [4.78, 5) is 10.8. The highest BCUT2D eigenvalue weighted by Crippen LogP contribution is 2.28. The van der Waals surface area contributed by atoms with Crippen molar-refractivity contribution in [1.82, 2.24) is 4.37 Å². The Morgan fingerprint density at radius 1 is 1.48 bits per heavy atom. The van der Waals surface area contributed by atoms with Crippen LogP contribution in [-0.4, -0.2) is 23.9 Å². The molecule has 0 saturated carbocycles. The molecule has 0 aliphatic heterocycles. The van der Waals surface area contributed by atoms with Gasteiger partial charge in [-0.1, -0.05) is 0 Å². The number of aromatic carboxylic acids is 1. The summed E-state index contributed by atoms with van der Waals surface area (Å²) < 4.78 is 43.7. The van der Waals surface area contributed by atoms with Gasteiger partial charge in [-0.2, -0.15) is 4.37 Å². The summed E-state index contributed by atoms with van der Waals surface area (Å²) >= 11 is 3.63. The van der Waals surface area contributed by atoms with Gasteiger partial charge in [-0.15, -0.1) is 0 Å². The molecule has 0 aliphatic carbocycles. The Bertz CT molecular complexity index is 820. The highest BCUT2D eigenvalue weighted by Gasteiger charge is 2.23. The molecule has 0 bridgehead atoms. The molecular formula is C11H8BrFN2O4S2. The maximum atomic E-state index is 13.4. The molecule has 0 aliphatic rings. The molecule has 6 nitrogen and oxygen atoms in total. The van der Waals surface area contributed by atoms with E-state index in [2.05, 4.69) is 25.0 Å². The highest BCUT2D eigenvalue weighted by molar-refractivity contribution is 9.10. The summed E-state index contributed by atoms with van der Waals surface area (Å²) in [7, 11) is -4.10. The van der Waals surface area contributed by atoms with Gasteiger partial charge in [0.25, 0.3) is 10.0 Å². The number of aryl methyl sites for hydroxylation is 1. The predicted molar refractivity (Wildman–Crippen MR) is 78.7 cm³/mol. The molecule has 0 unspecified atom stereocenters. The van der Waals surface area contributed by atoms with Crippen LogP contribution in [0, 0.1) is 12.7 Å². The quantitative estimate of drug-likeness (QED) is 0.830. The molecule has 10 heteroatoms. The van der Waals surface area contributed by atoms with Crippen molar-refractivity contribution in [3.63, 3.8) is 0 Å². The van der Waals surface area contributed by atoms with Gasteiger partial charge in [0.2, 0.25) is 0 Å². The van der Waals surface area contributed by atoms with E-state index in [1.807, 2.05) is 0 Å². The van der Waals surface area contributed by atoms with Crippen LogP contribution in [0.4, 0.5) is 9.39 Å². The van der Waals surface area contributed by atoms with E-state index < -0.39 is 21.8 Å². The number of halogens is 2. The van der Waals surface area contributed by atoms with Crippen LogP contribution in [0.5, 0.6) is 0 Å². The number of carbonyl (C=O) groups is 1. The highest BCUT2D eigenvalue weighted by atomic mass is 79.9. The van der Waals surface area contributed by atoms with E-state index in [-0.39, 0.29) is 25.6 Å². The van der Waals surface area contributed by atoms with Gasteiger partial charge in [-0.25, -0.2) is 17.6 Å². The van der Waals surface area contributed by atoms with Gasteiger partial charge in [0.15, 0.2) is 0 Å². The van der Waals surface area contributed by atoms with Crippen LogP contribution in [0.2, 0.25) is 0 Å². The number of anilines is 1. The van der Waals surface area contributed by atoms with Crippen LogP contribution in [0.1, 0.15) is 16.1 Å². The fraction of sp³-hybridized carbons (Fsp3) is 0.0909. The molecule has 0 amide bonds. The van der Waals surface area contributed by atoms with Crippen LogP contribution < -0.4 is 4.72 Å². The summed E-state index contributed by atoms with van der Waals surface area (Å²) in [6, 6.07) is 3.28. The Kier molecular flexibility index (Phi) is 4.30. The lowest BCUT2D eigenvalue weighted by molar-refractivity contribution is 0.0697. The third-order valence-electron chi connectivity index (χ3n) is 2.51. The number of nitrogens with one attached hydrogen (secondary N) is 1. The lowest BCUT2D eigenvalue weighted by Crippen LogP contribution is -2.14. The molecule has 0 radical (unpaired) electrons. The number of rotatable bonds is 4. The number of carboxylic acids is 1. The second kappa shape index (κ2) is 5.70.